The minimum atomic E-state index is -1.50. The van der Waals surface area contributed by atoms with Crippen LogP contribution in [-0.2, 0) is 25.5 Å². The van der Waals surface area contributed by atoms with Gasteiger partial charge in [-0.15, -0.1) is 0 Å². The van der Waals surface area contributed by atoms with Crippen molar-refractivity contribution >= 4 is 23.6 Å². The molecule has 0 amide bonds. The van der Waals surface area contributed by atoms with Gasteiger partial charge in [0, 0.05) is 29.9 Å². The van der Waals surface area contributed by atoms with E-state index in [9.17, 15) is 19.5 Å². The Hall–Kier alpha value is -3.65. The van der Waals surface area contributed by atoms with E-state index in [0.717, 1.165) is 18.4 Å². The lowest BCUT2D eigenvalue weighted by atomic mass is 9.46. The normalized spacial score (nSPS) is 32.2. The van der Waals surface area contributed by atoms with Gasteiger partial charge in [-0.05, 0) is 99.6 Å². The van der Waals surface area contributed by atoms with Crippen LogP contribution >= 0.6 is 0 Å². The molecule has 3 saturated carbocycles. The maximum Gasteiger partial charge on any atom is 0.330 e. The molecule has 1 aromatic rings. The molecule has 6 aliphatic rings. The highest BCUT2D eigenvalue weighted by atomic mass is 16.6. The molecule has 0 aromatic heterocycles. The van der Waals surface area contributed by atoms with Gasteiger partial charge in [0.15, 0.2) is 22.8 Å². The van der Waals surface area contributed by atoms with E-state index in [4.69, 9.17) is 18.9 Å². The van der Waals surface area contributed by atoms with E-state index in [1.807, 2.05) is 46.8 Å². The molecule has 1 aromatic carbocycles. The van der Waals surface area contributed by atoms with Crippen LogP contribution in [0.3, 0.4) is 0 Å². The van der Waals surface area contributed by atoms with Gasteiger partial charge in [0.25, 0.3) is 0 Å². The molecule has 6 atom stereocenters. The topological polar surface area (TPSA) is 108 Å². The molecule has 1 spiro atoms. The smallest absolute Gasteiger partial charge is 0.330 e. The molecule has 8 heteroatoms. The van der Waals surface area contributed by atoms with Crippen LogP contribution in [0.2, 0.25) is 0 Å². The zero-order valence-electron chi connectivity index (χ0n) is 29.0. The lowest BCUT2D eigenvalue weighted by Gasteiger charge is -2.60. The molecule has 2 unspecified atom stereocenters. The van der Waals surface area contributed by atoms with Crippen LogP contribution in [0.4, 0.5) is 0 Å². The van der Waals surface area contributed by atoms with Crippen molar-refractivity contribution in [1.82, 2.24) is 0 Å². The molecular formula is C39H48O8. The van der Waals surface area contributed by atoms with E-state index in [1.165, 1.54) is 11.6 Å². The van der Waals surface area contributed by atoms with Crippen LogP contribution in [0.1, 0.15) is 109 Å². The minimum Gasteiger partial charge on any atom is -0.506 e. The Balaban J connectivity index is 1.54. The van der Waals surface area contributed by atoms with E-state index >= 15 is 0 Å². The van der Waals surface area contributed by atoms with Gasteiger partial charge < -0.3 is 24.1 Å². The highest BCUT2D eigenvalue weighted by Crippen LogP contribution is 2.70. The third kappa shape index (κ3) is 5.01. The zero-order chi connectivity index (χ0) is 34.1. The summed E-state index contributed by atoms with van der Waals surface area (Å²) in [6.45, 7) is 16.0. The standard InChI is InChI=1S/C39H48O8/c1-9-44-29(40)13-11-18-38-35(43)24-20-27-32(42)30-31(41)25-16-19-37(8,17-10-12-22(2)3)45-33(25)26(15-14-23(4)5)34(30)46-39(27,38)28(21-24)36(6,7)47-38/h11-14,16,19,24,27-28,41H,9-10,15,17-18,20-21H2,1-8H3/b13-11+/t24-,27?,28?,37-,38+,39-/m1/s1. The van der Waals surface area contributed by atoms with Crippen molar-refractivity contribution in [2.75, 3.05) is 6.61 Å². The second kappa shape index (κ2) is 11.5. The maximum absolute atomic E-state index is 14.8. The van der Waals surface area contributed by atoms with Crippen LogP contribution < -0.4 is 9.47 Å². The first-order chi connectivity index (χ1) is 22.1. The Kier molecular flexibility index (Phi) is 8.14. The van der Waals surface area contributed by atoms with E-state index in [0.29, 0.717) is 36.1 Å². The summed E-state index contributed by atoms with van der Waals surface area (Å²) in [6.07, 6.45) is 13.9. The predicted octanol–water partition coefficient (Wildman–Crippen LogP) is 7.41. The largest absolute Gasteiger partial charge is 0.506 e. The summed E-state index contributed by atoms with van der Waals surface area (Å²) < 4.78 is 25.9. The SMILES string of the molecule is CCOC(=O)/C=C/C[C@@]12OC(C)(C)C3C[C@@H](CC4C(=O)c5c(O)c6c(c(CC=C(C)C)c5O[C@]431)O[C@](C)(CCC=C(C)C)C=C6)C2=O. The third-order valence-electron chi connectivity index (χ3n) is 10.9. The highest BCUT2D eigenvalue weighted by molar-refractivity contribution is 6.09. The predicted molar refractivity (Wildman–Crippen MR) is 179 cm³/mol. The summed E-state index contributed by atoms with van der Waals surface area (Å²) in [6, 6.07) is 0. The van der Waals surface area contributed by atoms with E-state index in [-0.39, 0.29) is 47.6 Å². The quantitative estimate of drug-likeness (QED) is 0.168. The number of phenols is 1. The summed E-state index contributed by atoms with van der Waals surface area (Å²) in [4.78, 5) is 41.5. The van der Waals surface area contributed by atoms with Gasteiger partial charge >= 0.3 is 5.97 Å². The molecule has 4 bridgehead atoms. The van der Waals surface area contributed by atoms with Crippen LogP contribution in [0.5, 0.6) is 17.2 Å². The summed E-state index contributed by atoms with van der Waals surface area (Å²) in [7, 11) is 0. The molecule has 252 valence electrons. The number of carbonyl (C=O) groups excluding carboxylic acids is 3. The van der Waals surface area contributed by atoms with Crippen molar-refractivity contribution in [3.63, 3.8) is 0 Å². The molecule has 3 aliphatic heterocycles. The number of allylic oxidation sites excluding steroid dienone is 4. The number of Topliss-reactive ketones (excluding diaryl/α,β-unsaturated/α-hetero) is 2. The number of carbonyl (C=O) groups is 3. The molecule has 8 nitrogen and oxygen atoms in total. The number of hydrogen-bond acceptors (Lipinski definition) is 8. The van der Waals surface area contributed by atoms with Crippen molar-refractivity contribution in [2.24, 2.45) is 17.8 Å². The lowest BCUT2D eigenvalue weighted by Crippen LogP contribution is -2.76. The maximum atomic E-state index is 14.8. The molecule has 3 heterocycles. The number of fused-ring (bicyclic) bond motifs is 2. The average molecular weight is 645 g/mol. The van der Waals surface area contributed by atoms with Crippen molar-refractivity contribution in [1.29, 1.82) is 0 Å². The summed E-state index contributed by atoms with van der Waals surface area (Å²) in [5.41, 5.74) is -0.681. The number of ketones is 2. The third-order valence-corrected chi connectivity index (χ3v) is 10.9. The van der Waals surface area contributed by atoms with Gasteiger partial charge in [-0.1, -0.05) is 29.4 Å². The van der Waals surface area contributed by atoms with Crippen LogP contribution in [0.25, 0.3) is 6.08 Å². The van der Waals surface area contributed by atoms with Gasteiger partial charge in [-0.25, -0.2) is 4.79 Å². The lowest BCUT2D eigenvalue weighted by molar-refractivity contribution is -0.199. The highest BCUT2D eigenvalue weighted by Gasteiger charge is 2.83. The molecular weight excluding hydrogens is 596 g/mol. The second-order valence-electron chi connectivity index (χ2n) is 15.1. The minimum absolute atomic E-state index is 0.0576. The number of benzene rings is 1. The number of rotatable bonds is 9. The van der Waals surface area contributed by atoms with Gasteiger partial charge in [0.1, 0.15) is 28.4 Å². The Morgan fingerprint density at radius 2 is 1.77 bits per heavy atom. The van der Waals surface area contributed by atoms with Gasteiger partial charge in [0.05, 0.1) is 23.7 Å². The fourth-order valence-electron chi connectivity index (χ4n) is 8.87. The fraction of sp³-hybridized carbons (Fsp3) is 0.564. The van der Waals surface area contributed by atoms with Crippen LogP contribution in [0.15, 0.2) is 41.5 Å². The van der Waals surface area contributed by atoms with Gasteiger partial charge in [-0.3, -0.25) is 9.59 Å². The average Bonchev–Trinajstić information content (AvgIpc) is 3.13. The van der Waals surface area contributed by atoms with Crippen molar-refractivity contribution in [2.45, 2.75) is 116 Å². The van der Waals surface area contributed by atoms with Crippen molar-refractivity contribution in [3.05, 3.63) is 58.2 Å². The van der Waals surface area contributed by atoms with Crippen molar-refractivity contribution in [3.8, 4) is 17.2 Å². The Labute approximate surface area is 277 Å². The monoisotopic (exact) mass is 644 g/mol. The van der Waals surface area contributed by atoms with Crippen molar-refractivity contribution < 1.29 is 38.4 Å². The number of aromatic hydroxyl groups is 1. The van der Waals surface area contributed by atoms with Gasteiger partial charge in [-0.2, -0.15) is 0 Å². The van der Waals surface area contributed by atoms with E-state index in [1.54, 1.807) is 13.0 Å². The second-order valence-corrected chi connectivity index (χ2v) is 15.1. The van der Waals surface area contributed by atoms with Crippen LogP contribution in [-0.4, -0.2) is 51.7 Å². The molecule has 1 saturated heterocycles. The van der Waals surface area contributed by atoms with Gasteiger partial charge in [0.2, 0.25) is 0 Å². The Bertz CT molecular complexity index is 1650. The van der Waals surface area contributed by atoms with E-state index in [2.05, 4.69) is 26.0 Å². The Morgan fingerprint density at radius 1 is 1.04 bits per heavy atom. The molecule has 7 rings (SSSR count). The number of ether oxygens (including phenoxy) is 4. The molecule has 1 N–H and O–H groups in total. The number of phenolic OH excluding ortho intramolecular Hbond substituents is 1. The fourth-order valence-corrected chi connectivity index (χ4v) is 8.87. The van der Waals surface area contributed by atoms with E-state index < -0.39 is 40.2 Å². The van der Waals surface area contributed by atoms with Crippen LogP contribution in [0, 0.1) is 17.8 Å². The number of hydrogen-bond donors (Lipinski definition) is 1. The summed E-state index contributed by atoms with van der Waals surface area (Å²) in [5, 5.41) is 11.8. The first-order valence-electron chi connectivity index (χ1n) is 17.0. The molecule has 3 aliphatic carbocycles. The summed E-state index contributed by atoms with van der Waals surface area (Å²) in [5.74, 6) is -1.64. The summed E-state index contributed by atoms with van der Waals surface area (Å²) >= 11 is 0. The molecule has 47 heavy (non-hydrogen) atoms. The Morgan fingerprint density at radius 3 is 2.45 bits per heavy atom. The molecule has 0 radical (unpaired) electrons. The number of esters is 1. The molecule has 4 fully saturated rings. The first-order valence-corrected chi connectivity index (χ1v) is 17.0. The zero-order valence-corrected chi connectivity index (χ0v) is 29.0. The first kappa shape index (κ1) is 33.3.